The number of rotatable bonds is 1. The van der Waals surface area contributed by atoms with Crippen LogP contribution in [0.5, 0.6) is 0 Å². The SMILES string of the molecule is [O]Cc1cccc2c(Br)cccc12. The first kappa shape index (κ1) is 8.73. The maximum absolute atomic E-state index is 10.8. The summed E-state index contributed by atoms with van der Waals surface area (Å²) in [6, 6.07) is 11.7. The van der Waals surface area contributed by atoms with Gasteiger partial charge in [0.15, 0.2) is 0 Å². The van der Waals surface area contributed by atoms with E-state index in [0.29, 0.717) is 0 Å². The standard InChI is InChI=1S/C11H8BrO/c12-11-6-2-4-9-8(7-13)3-1-5-10(9)11/h1-6H,7H2. The molecule has 0 unspecified atom stereocenters. The van der Waals surface area contributed by atoms with Gasteiger partial charge in [0.1, 0.15) is 6.61 Å². The van der Waals surface area contributed by atoms with E-state index in [2.05, 4.69) is 15.9 Å². The van der Waals surface area contributed by atoms with Gasteiger partial charge in [-0.2, -0.15) is 0 Å². The van der Waals surface area contributed by atoms with Gasteiger partial charge in [-0.1, -0.05) is 46.3 Å². The van der Waals surface area contributed by atoms with E-state index in [-0.39, 0.29) is 6.61 Å². The minimum atomic E-state index is -0.159. The molecule has 0 amide bonds. The number of hydrogen-bond acceptors (Lipinski definition) is 0. The Balaban J connectivity index is 2.84. The molecule has 0 fully saturated rings. The Kier molecular flexibility index (Phi) is 2.34. The topological polar surface area (TPSA) is 19.9 Å². The van der Waals surface area contributed by atoms with Gasteiger partial charge in [-0.3, -0.25) is 0 Å². The molecule has 0 saturated carbocycles. The lowest BCUT2D eigenvalue weighted by Crippen LogP contribution is -1.84. The molecule has 0 heterocycles. The van der Waals surface area contributed by atoms with Crippen LogP contribution in [0.4, 0.5) is 0 Å². The molecule has 2 rings (SSSR count). The Morgan fingerprint density at radius 3 is 2.46 bits per heavy atom. The van der Waals surface area contributed by atoms with Gasteiger partial charge in [0.05, 0.1) is 0 Å². The van der Waals surface area contributed by atoms with Crippen LogP contribution in [0.2, 0.25) is 0 Å². The molecule has 1 radical (unpaired) electrons. The number of fused-ring (bicyclic) bond motifs is 1. The predicted octanol–water partition coefficient (Wildman–Crippen LogP) is 3.53. The van der Waals surface area contributed by atoms with Crippen LogP contribution in [0, 0.1) is 0 Å². The van der Waals surface area contributed by atoms with E-state index in [4.69, 9.17) is 0 Å². The number of benzene rings is 2. The molecule has 2 aromatic carbocycles. The van der Waals surface area contributed by atoms with Crippen LogP contribution in [0.25, 0.3) is 10.8 Å². The molecule has 2 heteroatoms. The average molecular weight is 236 g/mol. The molecule has 0 aromatic heterocycles. The third-order valence-electron chi connectivity index (χ3n) is 2.11. The monoisotopic (exact) mass is 235 g/mol. The molecule has 0 aliphatic carbocycles. The van der Waals surface area contributed by atoms with Crippen LogP contribution < -0.4 is 0 Å². The summed E-state index contributed by atoms with van der Waals surface area (Å²) in [4.78, 5) is 0. The predicted molar refractivity (Wildman–Crippen MR) is 56.0 cm³/mol. The van der Waals surface area contributed by atoms with Crippen LogP contribution in [-0.2, 0) is 11.7 Å². The zero-order valence-corrected chi connectivity index (χ0v) is 8.54. The van der Waals surface area contributed by atoms with Crippen molar-refractivity contribution in [2.75, 3.05) is 0 Å². The molecule has 0 aliphatic heterocycles. The highest BCUT2D eigenvalue weighted by atomic mass is 79.9. The first-order valence-electron chi connectivity index (χ1n) is 4.07. The Morgan fingerprint density at radius 1 is 1.00 bits per heavy atom. The maximum Gasteiger partial charge on any atom is 0.108 e. The fourth-order valence-corrected chi connectivity index (χ4v) is 1.96. The molecule has 0 saturated heterocycles. The summed E-state index contributed by atoms with van der Waals surface area (Å²) in [7, 11) is 0. The van der Waals surface area contributed by atoms with Gasteiger partial charge >= 0.3 is 0 Å². The van der Waals surface area contributed by atoms with E-state index in [0.717, 1.165) is 20.8 Å². The number of halogens is 1. The van der Waals surface area contributed by atoms with Crippen molar-refractivity contribution in [3.63, 3.8) is 0 Å². The third-order valence-corrected chi connectivity index (χ3v) is 2.81. The minimum absolute atomic E-state index is 0.159. The van der Waals surface area contributed by atoms with E-state index in [1.165, 1.54) is 0 Å². The second kappa shape index (κ2) is 3.48. The molecule has 1 nitrogen and oxygen atoms in total. The molecule has 13 heavy (non-hydrogen) atoms. The van der Waals surface area contributed by atoms with Crippen LogP contribution in [0.15, 0.2) is 40.9 Å². The van der Waals surface area contributed by atoms with Crippen LogP contribution >= 0.6 is 15.9 Å². The molecule has 0 aliphatic rings. The van der Waals surface area contributed by atoms with Crippen LogP contribution in [0.1, 0.15) is 5.56 Å². The molecule has 0 N–H and O–H groups in total. The fraction of sp³-hybridized carbons (Fsp3) is 0.0909. The van der Waals surface area contributed by atoms with Crippen LogP contribution in [0.3, 0.4) is 0 Å². The van der Waals surface area contributed by atoms with Crippen molar-refractivity contribution < 1.29 is 5.11 Å². The first-order valence-corrected chi connectivity index (χ1v) is 4.86. The van der Waals surface area contributed by atoms with Crippen molar-refractivity contribution in [1.82, 2.24) is 0 Å². The second-order valence-electron chi connectivity index (χ2n) is 2.90. The lowest BCUT2D eigenvalue weighted by Gasteiger charge is -2.03. The Bertz CT molecular complexity index is 437. The van der Waals surface area contributed by atoms with Gasteiger partial charge in [-0.05, 0) is 22.4 Å². The van der Waals surface area contributed by atoms with Crippen molar-refractivity contribution in [2.24, 2.45) is 0 Å². The van der Waals surface area contributed by atoms with E-state index in [1.54, 1.807) is 0 Å². The van der Waals surface area contributed by atoms with Crippen molar-refractivity contribution in [3.8, 4) is 0 Å². The maximum atomic E-state index is 10.8. The summed E-state index contributed by atoms with van der Waals surface area (Å²) in [6.45, 7) is -0.159. The summed E-state index contributed by atoms with van der Waals surface area (Å²) < 4.78 is 1.04. The van der Waals surface area contributed by atoms with Gasteiger partial charge in [0, 0.05) is 4.47 Å². The third kappa shape index (κ3) is 1.47. The van der Waals surface area contributed by atoms with Gasteiger partial charge in [-0.15, -0.1) is 0 Å². The summed E-state index contributed by atoms with van der Waals surface area (Å²) in [5, 5.41) is 13.0. The van der Waals surface area contributed by atoms with E-state index >= 15 is 0 Å². The average Bonchev–Trinajstić information content (AvgIpc) is 2.18. The lowest BCUT2D eigenvalue weighted by molar-refractivity contribution is 0.179. The minimum Gasteiger partial charge on any atom is -0.232 e. The van der Waals surface area contributed by atoms with Crippen molar-refractivity contribution >= 4 is 26.7 Å². The van der Waals surface area contributed by atoms with Crippen molar-refractivity contribution in [1.29, 1.82) is 0 Å². The van der Waals surface area contributed by atoms with Gasteiger partial charge in [0.25, 0.3) is 0 Å². The van der Waals surface area contributed by atoms with E-state index in [9.17, 15) is 5.11 Å². The van der Waals surface area contributed by atoms with Crippen molar-refractivity contribution in [3.05, 3.63) is 46.4 Å². The smallest absolute Gasteiger partial charge is 0.108 e. The number of hydrogen-bond donors (Lipinski definition) is 0. The van der Waals surface area contributed by atoms with Gasteiger partial charge in [-0.25, -0.2) is 5.11 Å². The Labute approximate surface area is 85.1 Å². The normalized spacial score (nSPS) is 10.6. The molecule has 2 aromatic rings. The summed E-state index contributed by atoms with van der Waals surface area (Å²) in [5.74, 6) is 0. The van der Waals surface area contributed by atoms with Crippen LogP contribution in [-0.4, -0.2) is 0 Å². The summed E-state index contributed by atoms with van der Waals surface area (Å²) >= 11 is 3.46. The zero-order valence-electron chi connectivity index (χ0n) is 6.96. The zero-order chi connectivity index (χ0) is 9.26. The Hall–Kier alpha value is -0.860. The second-order valence-corrected chi connectivity index (χ2v) is 3.75. The molecule has 0 bridgehead atoms. The van der Waals surface area contributed by atoms with E-state index < -0.39 is 0 Å². The quantitative estimate of drug-likeness (QED) is 0.721. The lowest BCUT2D eigenvalue weighted by atomic mass is 10.1. The molecular weight excluding hydrogens is 228 g/mol. The largest absolute Gasteiger partial charge is 0.232 e. The first-order chi connectivity index (χ1) is 6.33. The Morgan fingerprint density at radius 2 is 1.69 bits per heavy atom. The summed E-state index contributed by atoms with van der Waals surface area (Å²) in [5.41, 5.74) is 0.860. The fourth-order valence-electron chi connectivity index (χ4n) is 1.46. The van der Waals surface area contributed by atoms with E-state index in [1.807, 2.05) is 36.4 Å². The molecule has 65 valence electrons. The van der Waals surface area contributed by atoms with Gasteiger partial charge < -0.3 is 0 Å². The molecular formula is C11H8BrO. The highest BCUT2D eigenvalue weighted by molar-refractivity contribution is 9.10. The summed E-state index contributed by atoms with van der Waals surface area (Å²) in [6.07, 6.45) is 0. The molecule has 0 spiro atoms. The highest BCUT2D eigenvalue weighted by Gasteiger charge is 2.01. The van der Waals surface area contributed by atoms with Crippen molar-refractivity contribution in [2.45, 2.75) is 6.61 Å². The molecule has 0 atom stereocenters. The van der Waals surface area contributed by atoms with Gasteiger partial charge in [0.2, 0.25) is 0 Å². The highest BCUT2D eigenvalue weighted by Crippen LogP contribution is 2.26.